The number of para-hydroxylation sites is 1. The number of anilines is 1. The maximum Gasteiger partial charge on any atom is 0.262 e. The number of nitrogens with one attached hydrogen (secondary N) is 1. The van der Waals surface area contributed by atoms with Crippen molar-refractivity contribution in [3.05, 3.63) is 59.9 Å². The molecule has 0 fully saturated rings. The predicted octanol–water partition coefficient (Wildman–Crippen LogP) is 2.90. The van der Waals surface area contributed by atoms with Crippen LogP contribution < -0.4 is 10.1 Å². The van der Waals surface area contributed by atoms with Gasteiger partial charge in [-0.2, -0.15) is 0 Å². The van der Waals surface area contributed by atoms with E-state index in [4.69, 9.17) is 4.74 Å². The van der Waals surface area contributed by atoms with Gasteiger partial charge in [-0.15, -0.1) is 0 Å². The third-order valence-corrected chi connectivity index (χ3v) is 2.88. The van der Waals surface area contributed by atoms with Gasteiger partial charge in [0.25, 0.3) is 5.91 Å². The summed E-state index contributed by atoms with van der Waals surface area (Å²) in [5, 5.41) is 11.8. The van der Waals surface area contributed by atoms with Gasteiger partial charge in [0.05, 0.1) is 11.8 Å². The van der Waals surface area contributed by atoms with Gasteiger partial charge in [0.1, 0.15) is 11.6 Å². The molecule has 0 aromatic heterocycles. The van der Waals surface area contributed by atoms with E-state index in [1.54, 1.807) is 43.3 Å². The second-order valence-corrected chi connectivity index (χ2v) is 4.56. The normalized spacial score (nSPS) is 11.8. The molecule has 110 valence electrons. The Morgan fingerprint density at radius 1 is 1.24 bits per heavy atom. The first kappa shape index (κ1) is 15.0. The lowest BCUT2D eigenvalue weighted by Gasteiger charge is -2.09. The van der Waals surface area contributed by atoms with Crippen LogP contribution >= 0.6 is 0 Å². The molecular weight excluding hydrogens is 273 g/mol. The Morgan fingerprint density at radius 2 is 1.90 bits per heavy atom. The minimum atomic E-state index is -0.552. The minimum absolute atomic E-state index is 0.121. The molecular formula is C16H16FNO3. The SMILES string of the molecule is C[C@H](O)c1ccc(OCC(=O)Nc2ccccc2F)cc1. The highest BCUT2D eigenvalue weighted by molar-refractivity contribution is 5.91. The summed E-state index contributed by atoms with van der Waals surface area (Å²) in [6.45, 7) is 1.44. The van der Waals surface area contributed by atoms with Crippen LogP contribution in [0.15, 0.2) is 48.5 Å². The Kier molecular flexibility index (Phi) is 4.90. The number of benzene rings is 2. The number of amides is 1. The largest absolute Gasteiger partial charge is 0.484 e. The summed E-state index contributed by atoms with van der Waals surface area (Å²) < 4.78 is 18.7. The molecule has 0 radical (unpaired) electrons. The van der Waals surface area contributed by atoms with E-state index in [1.807, 2.05) is 0 Å². The molecule has 2 aromatic rings. The second kappa shape index (κ2) is 6.85. The zero-order valence-electron chi connectivity index (χ0n) is 11.5. The minimum Gasteiger partial charge on any atom is -0.484 e. The van der Waals surface area contributed by atoms with Gasteiger partial charge in [-0.25, -0.2) is 4.39 Å². The van der Waals surface area contributed by atoms with Crippen molar-refractivity contribution in [2.75, 3.05) is 11.9 Å². The highest BCUT2D eigenvalue weighted by Gasteiger charge is 2.07. The van der Waals surface area contributed by atoms with Crippen molar-refractivity contribution < 1.29 is 19.0 Å². The Bertz CT molecular complexity index is 611. The van der Waals surface area contributed by atoms with E-state index in [2.05, 4.69) is 5.32 Å². The number of rotatable bonds is 5. The summed E-state index contributed by atoms with van der Waals surface area (Å²) >= 11 is 0. The molecule has 0 aliphatic carbocycles. The van der Waals surface area contributed by atoms with Gasteiger partial charge >= 0.3 is 0 Å². The monoisotopic (exact) mass is 289 g/mol. The summed E-state index contributed by atoms with van der Waals surface area (Å²) in [6, 6.07) is 12.7. The average molecular weight is 289 g/mol. The van der Waals surface area contributed by atoms with E-state index in [-0.39, 0.29) is 12.3 Å². The number of halogens is 1. The van der Waals surface area contributed by atoms with E-state index in [0.717, 1.165) is 5.56 Å². The lowest BCUT2D eigenvalue weighted by molar-refractivity contribution is -0.118. The van der Waals surface area contributed by atoms with Crippen molar-refractivity contribution in [2.45, 2.75) is 13.0 Å². The highest BCUT2D eigenvalue weighted by Crippen LogP contribution is 2.17. The molecule has 4 nitrogen and oxygen atoms in total. The number of hydrogen-bond acceptors (Lipinski definition) is 3. The van der Waals surface area contributed by atoms with E-state index in [9.17, 15) is 14.3 Å². The summed E-state index contributed by atoms with van der Waals surface area (Å²) in [7, 11) is 0. The van der Waals surface area contributed by atoms with Crippen molar-refractivity contribution >= 4 is 11.6 Å². The first-order valence-electron chi connectivity index (χ1n) is 6.51. The molecule has 21 heavy (non-hydrogen) atoms. The number of aliphatic hydroxyl groups is 1. The lowest BCUT2D eigenvalue weighted by Crippen LogP contribution is -2.20. The van der Waals surface area contributed by atoms with Crippen molar-refractivity contribution in [3.63, 3.8) is 0 Å². The Morgan fingerprint density at radius 3 is 2.52 bits per heavy atom. The molecule has 2 rings (SSSR count). The number of carbonyl (C=O) groups excluding carboxylic acids is 1. The van der Waals surface area contributed by atoms with Crippen LogP contribution in [-0.4, -0.2) is 17.6 Å². The number of hydrogen-bond donors (Lipinski definition) is 2. The molecule has 2 aromatic carbocycles. The zero-order valence-corrected chi connectivity index (χ0v) is 11.5. The second-order valence-electron chi connectivity index (χ2n) is 4.56. The topological polar surface area (TPSA) is 58.6 Å². The molecule has 5 heteroatoms. The van der Waals surface area contributed by atoms with Crippen molar-refractivity contribution in [3.8, 4) is 5.75 Å². The number of ether oxygens (including phenoxy) is 1. The molecule has 0 saturated carbocycles. The van der Waals surface area contributed by atoms with E-state index in [0.29, 0.717) is 5.75 Å². The van der Waals surface area contributed by atoms with Crippen molar-refractivity contribution in [1.29, 1.82) is 0 Å². The highest BCUT2D eigenvalue weighted by atomic mass is 19.1. The van der Waals surface area contributed by atoms with Crippen molar-refractivity contribution in [1.82, 2.24) is 0 Å². The number of aliphatic hydroxyl groups excluding tert-OH is 1. The van der Waals surface area contributed by atoms with E-state index < -0.39 is 17.8 Å². The van der Waals surface area contributed by atoms with Gasteiger partial charge in [0, 0.05) is 0 Å². The summed E-state index contributed by atoms with van der Waals surface area (Å²) in [6.07, 6.45) is -0.552. The molecule has 0 spiro atoms. The van der Waals surface area contributed by atoms with Crippen LogP contribution in [-0.2, 0) is 4.79 Å². The average Bonchev–Trinajstić information content (AvgIpc) is 2.48. The van der Waals surface area contributed by atoms with Gasteiger partial charge in [-0.3, -0.25) is 4.79 Å². The van der Waals surface area contributed by atoms with Crippen LogP contribution in [0.2, 0.25) is 0 Å². The van der Waals surface area contributed by atoms with E-state index >= 15 is 0 Å². The molecule has 0 aliphatic heterocycles. The molecule has 0 bridgehead atoms. The fourth-order valence-electron chi connectivity index (χ4n) is 1.74. The van der Waals surface area contributed by atoms with Crippen LogP contribution in [0.25, 0.3) is 0 Å². The maximum absolute atomic E-state index is 13.4. The standard InChI is InChI=1S/C16H16FNO3/c1-11(19)12-6-8-13(9-7-12)21-10-16(20)18-15-5-3-2-4-14(15)17/h2-9,11,19H,10H2,1H3,(H,18,20)/t11-/m0/s1. The predicted molar refractivity (Wildman–Crippen MR) is 77.6 cm³/mol. The summed E-state index contributed by atoms with van der Waals surface area (Å²) in [5.41, 5.74) is 0.883. The van der Waals surface area contributed by atoms with Crippen LogP contribution in [0.5, 0.6) is 5.75 Å². The fourth-order valence-corrected chi connectivity index (χ4v) is 1.74. The van der Waals surface area contributed by atoms with Crippen LogP contribution in [0, 0.1) is 5.82 Å². The summed E-state index contributed by atoms with van der Waals surface area (Å²) in [4.78, 5) is 11.7. The third kappa shape index (κ3) is 4.29. The molecule has 0 unspecified atom stereocenters. The zero-order chi connectivity index (χ0) is 15.2. The van der Waals surface area contributed by atoms with Crippen LogP contribution in [0.1, 0.15) is 18.6 Å². The van der Waals surface area contributed by atoms with Crippen LogP contribution in [0.4, 0.5) is 10.1 Å². The first-order valence-corrected chi connectivity index (χ1v) is 6.51. The maximum atomic E-state index is 13.4. The van der Waals surface area contributed by atoms with Gasteiger partial charge in [-0.1, -0.05) is 24.3 Å². The first-order chi connectivity index (χ1) is 10.1. The quantitative estimate of drug-likeness (QED) is 0.889. The Hall–Kier alpha value is -2.40. The molecule has 1 amide bonds. The van der Waals surface area contributed by atoms with Crippen molar-refractivity contribution in [2.24, 2.45) is 0 Å². The fraction of sp³-hybridized carbons (Fsp3) is 0.188. The molecule has 0 heterocycles. The Labute approximate surface area is 122 Å². The Balaban J connectivity index is 1.88. The smallest absolute Gasteiger partial charge is 0.262 e. The van der Waals surface area contributed by atoms with Gasteiger partial charge in [0.15, 0.2) is 6.61 Å². The van der Waals surface area contributed by atoms with Gasteiger partial charge < -0.3 is 15.2 Å². The molecule has 0 aliphatic rings. The molecule has 1 atom stereocenters. The lowest BCUT2D eigenvalue weighted by atomic mass is 10.1. The molecule has 2 N–H and O–H groups in total. The van der Waals surface area contributed by atoms with Crippen LogP contribution in [0.3, 0.4) is 0 Å². The van der Waals surface area contributed by atoms with Gasteiger partial charge in [0.2, 0.25) is 0 Å². The van der Waals surface area contributed by atoms with E-state index in [1.165, 1.54) is 12.1 Å². The summed E-state index contributed by atoms with van der Waals surface area (Å²) in [5.74, 6) is -0.435. The van der Waals surface area contributed by atoms with Gasteiger partial charge in [-0.05, 0) is 36.8 Å². The third-order valence-electron chi connectivity index (χ3n) is 2.88. The molecule has 0 saturated heterocycles. The number of carbonyl (C=O) groups is 1.